The van der Waals surface area contributed by atoms with Gasteiger partial charge in [-0.25, -0.2) is 0 Å². The average molecular weight is 438 g/mol. The highest BCUT2D eigenvalue weighted by Crippen LogP contribution is 2.27. The number of rotatable bonds is 5. The lowest BCUT2D eigenvalue weighted by Crippen LogP contribution is -2.10. The van der Waals surface area contributed by atoms with Crippen molar-refractivity contribution in [3.8, 4) is 22.6 Å². The summed E-state index contributed by atoms with van der Waals surface area (Å²) >= 11 is 3.40. The molecule has 0 radical (unpaired) electrons. The molecule has 6 heteroatoms. The first-order valence-corrected chi connectivity index (χ1v) is 9.39. The zero-order chi connectivity index (χ0) is 19.5. The molecule has 28 heavy (non-hydrogen) atoms. The summed E-state index contributed by atoms with van der Waals surface area (Å²) in [6.07, 6.45) is 0. The largest absolute Gasteiger partial charge is 0.459 e. The van der Waals surface area contributed by atoms with Crippen LogP contribution < -0.4 is 5.32 Å². The van der Waals surface area contributed by atoms with E-state index >= 15 is 0 Å². The zero-order valence-electron chi connectivity index (χ0n) is 14.7. The molecule has 4 rings (SSSR count). The van der Waals surface area contributed by atoms with E-state index < -0.39 is 0 Å². The van der Waals surface area contributed by atoms with E-state index in [9.17, 15) is 4.79 Å². The first kappa shape index (κ1) is 18.3. The highest BCUT2D eigenvalue weighted by Gasteiger charge is 2.13. The maximum absolute atomic E-state index is 12.5. The minimum absolute atomic E-state index is 0.157. The van der Waals surface area contributed by atoms with Gasteiger partial charge in [-0.3, -0.25) is 4.79 Å². The lowest BCUT2D eigenvalue weighted by Gasteiger charge is -2.05. The van der Waals surface area contributed by atoms with Crippen molar-refractivity contribution in [2.24, 2.45) is 0 Å². The number of benzene rings is 2. The van der Waals surface area contributed by atoms with Crippen molar-refractivity contribution < 1.29 is 18.7 Å². The predicted molar refractivity (Wildman–Crippen MR) is 110 cm³/mol. The molecule has 0 fully saturated rings. The van der Waals surface area contributed by atoms with Crippen LogP contribution in [0, 0.1) is 0 Å². The third-order valence-corrected chi connectivity index (χ3v) is 4.71. The van der Waals surface area contributed by atoms with Crippen molar-refractivity contribution >= 4 is 27.5 Å². The maximum Gasteiger partial charge on any atom is 0.291 e. The van der Waals surface area contributed by atoms with Gasteiger partial charge >= 0.3 is 0 Å². The van der Waals surface area contributed by atoms with E-state index in [1.165, 1.54) is 0 Å². The van der Waals surface area contributed by atoms with Gasteiger partial charge in [-0.15, -0.1) is 0 Å². The van der Waals surface area contributed by atoms with Crippen LogP contribution in [0.1, 0.15) is 16.3 Å². The first-order valence-electron chi connectivity index (χ1n) is 8.59. The summed E-state index contributed by atoms with van der Waals surface area (Å²) in [6, 6.07) is 21.9. The van der Waals surface area contributed by atoms with E-state index in [0.717, 1.165) is 15.6 Å². The van der Waals surface area contributed by atoms with Crippen molar-refractivity contribution in [3.05, 3.63) is 88.8 Å². The third kappa shape index (κ3) is 3.93. The molecular formula is C22H16BrNO4. The summed E-state index contributed by atoms with van der Waals surface area (Å²) in [7, 11) is 0. The van der Waals surface area contributed by atoms with Crippen LogP contribution in [-0.2, 0) is 6.61 Å². The van der Waals surface area contributed by atoms with Crippen molar-refractivity contribution in [1.29, 1.82) is 0 Å². The Morgan fingerprint density at radius 2 is 1.64 bits per heavy atom. The number of aliphatic hydroxyl groups excluding tert-OH is 1. The SMILES string of the molecule is O=C(Nc1cccc(-c2ccc(CO)o2)c1)c1ccc(-c2ccc(Br)cc2)o1. The van der Waals surface area contributed by atoms with Crippen molar-refractivity contribution in [3.63, 3.8) is 0 Å². The van der Waals surface area contributed by atoms with Crippen LogP contribution in [-0.4, -0.2) is 11.0 Å². The number of hydrogen-bond donors (Lipinski definition) is 2. The Hall–Kier alpha value is -3.09. The lowest BCUT2D eigenvalue weighted by atomic mass is 10.1. The van der Waals surface area contributed by atoms with Gasteiger partial charge in [-0.2, -0.15) is 0 Å². The van der Waals surface area contributed by atoms with Gasteiger partial charge in [-0.05, 0) is 48.5 Å². The Labute approximate surface area is 169 Å². The molecule has 0 bridgehead atoms. The fourth-order valence-electron chi connectivity index (χ4n) is 2.79. The standard InChI is InChI=1S/C22H16BrNO4/c23-16-6-4-14(5-7-16)19-10-11-21(28-19)22(26)24-17-3-1-2-15(12-17)20-9-8-18(13-25)27-20/h1-12,25H,13H2,(H,24,26). The number of anilines is 1. The van der Waals surface area contributed by atoms with Gasteiger partial charge in [0.25, 0.3) is 5.91 Å². The number of amides is 1. The average Bonchev–Trinajstić information content (AvgIpc) is 3.39. The molecule has 5 nitrogen and oxygen atoms in total. The highest BCUT2D eigenvalue weighted by atomic mass is 79.9. The van der Waals surface area contributed by atoms with Gasteiger partial charge in [0, 0.05) is 21.3 Å². The first-order chi connectivity index (χ1) is 13.6. The van der Waals surface area contributed by atoms with Gasteiger partial charge in [0.05, 0.1) is 0 Å². The number of carbonyl (C=O) groups is 1. The van der Waals surface area contributed by atoms with Crippen molar-refractivity contribution in [2.75, 3.05) is 5.32 Å². The molecule has 2 heterocycles. The van der Waals surface area contributed by atoms with Crippen molar-refractivity contribution in [1.82, 2.24) is 0 Å². The fourth-order valence-corrected chi connectivity index (χ4v) is 3.05. The Morgan fingerprint density at radius 3 is 2.39 bits per heavy atom. The minimum atomic E-state index is -0.337. The summed E-state index contributed by atoms with van der Waals surface area (Å²) in [5.41, 5.74) is 2.31. The van der Waals surface area contributed by atoms with Gasteiger partial charge < -0.3 is 19.3 Å². The summed E-state index contributed by atoms with van der Waals surface area (Å²) in [4.78, 5) is 12.5. The second-order valence-corrected chi connectivity index (χ2v) is 7.05. The van der Waals surface area contributed by atoms with E-state index in [2.05, 4.69) is 21.2 Å². The van der Waals surface area contributed by atoms with Gasteiger partial charge in [0.2, 0.25) is 0 Å². The molecule has 2 N–H and O–H groups in total. The van der Waals surface area contributed by atoms with Crippen LogP contribution in [0.25, 0.3) is 22.6 Å². The second-order valence-electron chi connectivity index (χ2n) is 6.13. The molecular weight excluding hydrogens is 422 g/mol. The summed E-state index contributed by atoms with van der Waals surface area (Å²) in [5, 5.41) is 12.0. The van der Waals surface area contributed by atoms with Gasteiger partial charge in [-0.1, -0.05) is 40.2 Å². The Morgan fingerprint density at radius 1 is 0.893 bits per heavy atom. The quantitative estimate of drug-likeness (QED) is 0.418. The van der Waals surface area contributed by atoms with Crippen LogP contribution in [0.2, 0.25) is 0 Å². The molecule has 2 aromatic carbocycles. The van der Waals surface area contributed by atoms with E-state index in [4.69, 9.17) is 13.9 Å². The van der Waals surface area contributed by atoms with Crippen LogP contribution in [0.15, 0.2) is 86.1 Å². The minimum Gasteiger partial charge on any atom is -0.459 e. The number of furan rings is 2. The molecule has 4 aromatic rings. The topological polar surface area (TPSA) is 75.6 Å². The summed E-state index contributed by atoms with van der Waals surface area (Å²) < 4.78 is 12.2. The molecule has 0 saturated heterocycles. The summed E-state index contributed by atoms with van der Waals surface area (Å²) in [6.45, 7) is -0.157. The highest BCUT2D eigenvalue weighted by molar-refractivity contribution is 9.10. The molecule has 1 amide bonds. The van der Waals surface area contributed by atoms with Crippen LogP contribution in [0.3, 0.4) is 0 Å². The summed E-state index contributed by atoms with van der Waals surface area (Å²) in [5.74, 6) is 1.62. The van der Waals surface area contributed by atoms with E-state index in [1.54, 1.807) is 36.4 Å². The Bertz CT molecular complexity index is 1110. The smallest absolute Gasteiger partial charge is 0.291 e. The second kappa shape index (κ2) is 7.88. The van der Waals surface area contributed by atoms with Gasteiger partial charge in [0.15, 0.2) is 5.76 Å². The lowest BCUT2D eigenvalue weighted by molar-refractivity contribution is 0.0997. The van der Waals surface area contributed by atoms with Crippen LogP contribution in [0.5, 0.6) is 0 Å². The molecule has 0 spiro atoms. The number of nitrogens with one attached hydrogen (secondary N) is 1. The molecule has 0 atom stereocenters. The molecule has 0 aliphatic carbocycles. The predicted octanol–water partition coefficient (Wildman–Crippen LogP) is 5.71. The number of aliphatic hydroxyl groups is 1. The molecule has 0 aliphatic heterocycles. The molecule has 0 unspecified atom stereocenters. The third-order valence-electron chi connectivity index (χ3n) is 4.18. The normalized spacial score (nSPS) is 10.8. The van der Waals surface area contributed by atoms with Crippen LogP contribution in [0.4, 0.5) is 5.69 Å². The number of carbonyl (C=O) groups excluding carboxylic acids is 1. The van der Waals surface area contributed by atoms with E-state index in [-0.39, 0.29) is 18.3 Å². The Balaban J connectivity index is 1.51. The fraction of sp³-hybridized carbons (Fsp3) is 0.0455. The molecule has 0 aliphatic rings. The van der Waals surface area contributed by atoms with Gasteiger partial charge in [0.1, 0.15) is 23.9 Å². The number of hydrogen-bond acceptors (Lipinski definition) is 4. The number of halogens is 1. The van der Waals surface area contributed by atoms with Crippen LogP contribution >= 0.6 is 15.9 Å². The molecule has 0 saturated carbocycles. The zero-order valence-corrected chi connectivity index (χ0v) is 16.3. The molecule has 140 valence electrons. The maximum atomic E-state index is 12.5. The van der Waals surface area contributed by atoms with E-state index in [0.29, 0.717) is 23.0 Å². The van der Waals surface area contributed by atoms with E-state index in [1.807, 2.05) is 36.4 Å². The van der Waals surface area contributed by atoms with Crippen molar-refractivity contribution in [2.45, 2.75) is 6.61 Å². The Kier molecular flexibility index (Phi) is 5.14. The molecule has 2 aromatic heterocycles. The monoisotopic (exact) mass is 437 g/mol.